The molecule has 0 aliphatic rings. The zero-order valence-electron chi connectivity index (χ0n) is 9.73. The first-order chi connectivity index (χ1) is 8.86. The van der Waals surface area contributed by atoms with Crippen molar-refractivity contribution in [2.24, 2.45) is 0 Å². The van der Waals surface area contributed by atoms with Crippen molar-refractivity contribution in [3.63, 3.8) is 0 Å². The Morgan fingerprint density at radius 1 is 1.63 bits per heavy atom. The van der Waals surface area contributed by atoms with Crippen LogP contribution in [0.25, 0.3) is 0 Å². The van der Waals surface area contributed by atoms with Crippen LogP contribution in [0, 0.1) is 10.1 Å². The van der Waals surface area contributed by atoms with Crippen molar-refractivity contribution in [3.05, 3.63) is 31.9 Å². The fourth-order valence-electron chi connectivity index (χ4n) is 1.45. The van der Waals surface area contributed by atoms with E-state index in [1.165, 1.54) is 0 Å². The number of pyridine rings is 1. The van der Waals surface area contributed by atoms with E-state index in [4.69, 9.17) is 0 Å². The quantitative estimate of drug-likeness (QED) is 0.357. The molecule has 1 heterocycles. The van der Waals surface area contributed by atoms with Crippen LogP contribution in [0.15, 0.2) is 10.7 Å². The highest BCUT2D eigenvalue weighted by molar-refractivity contribution is 9.10. The van der Waals surface area contributed by atoms with Crippen molar-refractivity contribution >= 4 is 27.7 Å². The summed E-state index contributed by atoms with van der Waals surface area (Å²) in [5.41, 5.74) is -1.04. The second-order valence-corrected chi connectivity index (χ2v) is 4.19. The first-order valence-corrected chi connectivity index (χ1v) is 5.93. The summed E-state index contributed by atoms with van der Waals surface area (Å²) in [5, 5.41) is 10.7. The molecule has 1 aromatic rings. The summed E-state index contributed by atoms with van der Waals surface area (Å²) in [4.78, 5) is 24.4. The molecule has 1 rings (SSSR count). The number of hydrogen-bond donors (Lipinski definition) is 0. The van der Waals surface area contributed by atoms with Gasteiger partial charge in [0.05, 0.1) is 13.0 Å². The van der Waals surface area contributed by atoms with Crippen LogP contribution in [-0.4, -0.2) is 22.5 Å². The third-order valence-corrected chi connectivity index (χ3v) is 2.53. The van der Waals surface area contributed by atoms with E-state index in [9.17, 15) is 23.7 Å². The van der Waals surface area contributed by atoms with Gasteiger partial charge in [-0.3, -0.25) is 4.79 Å². The fraction of sp³-hybridized carbons (Fsp3) is 0.400. The molecular weight excluding hydrogens is 330 g/mol. The van der Waals surface area contributed by atoms with Gasteiger partial charge in [-0.25, -0.2) is 8.78 Å². The van der Waals surface area contributed by atoms with Gasteiger partial charge < -0.3 is 14.9 Å². The van der Waals surface area contributed by atoms with E-state index in [-0.39, 0.29) is 16.8 Å². The highest BCUT2D eigenvalue weighted by Gasteiger charge is 2.29. The number of nitro groups is 1. The number of alkyl halides is 2. The average Bonchev–Trinajstić information content (AvgIpc) is 2.27. The molecule has 0 aliphatic heterocycles. The van der Waals surface area contributed by atoms with Crippen LogP contribution in [0.2, 0.25) is 0 Å². The zero-order chi connectivity index (χ0) is 14.6. The Balaban J connectivity index is 3.28. The zero-order valence-corrected chi connectivity index (χ0v) is 11.3. The van der Waals surface area contributed by atoms with Crippen molar-refractivity contribution in [2.45, 2.75) is 19.8 Å². The van der Waals surface area contributed by atoms with Gasteiger partial charge in [0.25, 0.3) is 6.43 Å². The summed E-state index contributed by atoms with van der Waals surface area (Å²) in [6.07, 6.45) is -3.58. The molecule has 0 unspecified atom stereocenters. The maximum Gasteiger partial charge on any atom is 0.373 e. The van der Waals surface area contributed by atoms with E-state index in [1.54, 1.807) is 6.92 Å². The maximum atomic E-state index is 12.9. The third-order valence-electron chi connectivity index (χ3n) is 2.12. The Morgan fingerprint density at radius 3 is 2.74 bits per heavy atom. The van der Waals surface area contributed by atoms with E-state index in [0.717, 1.165) is 6.07 Å². The van der Waals surface area contributed by atoms with Gasteiger partial charge in [-0.05, 0) is 22.4 Å². The van der Waals surface area contributed by atoms with E-state index in [2.05, 4.69) is 25.7 Å². The van der Waals surface area contributed by atoms with Crippen molar-refractivity contribution < 1.29 is 23.2 Å². The number of ether oxygens (including phenoxy) is 1. The molecule has 9 heteroatoms. The van der Waals surface area contributed by atoms with Gasteiger partial charge in [0, 0.05) is 22.0 Å². The van der Waals surface area contributed by atoms with Gasteiger partial charge in [-0.1, -0.05) is 0 Å². The van der Waals surface area contributed by atoms with Crippen LogP contribution in [0.1, 0.15) is 24.5 Å². The van der Waals surface area contributed by atoms with Crippen molar-refractivity contribution in [1.29, 1.82) is 0 Å². The number of carbonyl (C=O) groups excluding carboxylic acids is 1. The third kappa shape index (κ3) is 3.91. The standard InChI is InChI=1S/C10H9BrF2N2O4/c1-2-19-7(16)4-5-3-6(11)14-10(15(17)18)8(5)9(12)13/h3,9H,2,4H2,1H3. The highest BCUT2D eigenvalue weighted by Crippen LogP contribution is 2.32. The molecular formula is C10H9BrF2N2O4. The van der Waals surface area contributed by atoms with Gasteiger partial charge in [-0.2, -0.15) is 0 Å². The molecule has 0 aliphatic carbocycles. The van der Waals surface area contributed by atoms with Gasteiger partial charge in [0.1, 0.15) is 5.56 Å². The molecule has 19 heavy (non-hydrogen) atoms. The minimum absolute atomic E-state index is 0.00268. The van der Waals surface area contributed by atoms with E-state index in [0.29, 0.717) is 0 Å². The number of esters is 1. The van der Waals surface area contributed by atoms with Crippen molar-refractivity contribution in [3.8, 4) is 0 Å². The lowest BCUT2D eigenvalue weighted by Crippen LogP contribution is -2.12. The summed E-state index contributed by atoms with van der Waals surface area (Å²) >= 11 is 2.88. The number of halogens is 3. The molecule has 0 fully saturated rings. The largest absolute Gasteiger partial charge is 0.466 e. The fourth-order valence-corrected chi connectivity index (χ4v) is 1.89. The SMILES string of the molecule is CCOC(=O)Cc1cc(Br)nc([N+](=O)[O-])c1C(F)F. The molecule has 0 spiro atoms. The summed E-state index contributed by atoms with van der Waals surface area (Å²) in [6, 6.07) is 1.14. The molecule has 0 saturated carbocycles. The summed E-state index contributed by atoms with van der Waals surface area (Å²) in [6.45, 7) is 1.66. The highest BCUT2D eigenvalue weighted by atomic mass is 79.9. The smallest absolute Gasteiger partial charge is 0.373 e. The lowest BCUT2D eigenvalue weighted by atomic mass is 10.1. The molecule has 1 aromatic heterocycles. The average molecular weight is 339 g/mol. The summed E-state index contributed by atoms with van der Waals surface area (Å²) in [7, 11) is 0. The van der Waals surface area contributed by atoms with Gasteiger partial charge in [0.2, 0.25) is 4.60 Å². The minimum atomic E-state index is -3.11. The lowest BCUT2D eigenvalue weighted by molar-refractivity contribution is -0.391. The van der Waals surface area contributed by atoms with E-state index >= 15 is 0 Å². The molecule has 0 radical (unpaired) electrons. The molecule has 0 saturated heterocycles. The summed E-state index contributed by atoms with van der Waals surface area (Å²) < 4.78 is 30.4. The number of aromatic nitrogens is 1. The Kier molecular flexibility index (Phi) is 5.28. The predicted molar refractivity (Wildman–Crippen MR) is 63.9 cm³/mol. The van der Waals surface area contributed by atoms with Crippen molar-refractivity contribution in [2.75, 3.05) is 6.61 Å². The van der Waals surface area contributed by atoms with Crippen LogP contribution >= 0.6 is 15.9 Å². The van der Waals surface area contributed by atoms with Crippen LogP contribution in [-0.2, 0) is 16.0 Å². The van der Waals surface area contributed by atoms with Gasteiger partial charge in [-0.15, -0.1) is 0 Å². The first-order valence-electron chi connectivity index (χ1n) is 5.14. The Labute approximate surface area is 115 Å². The molecule has 0 aromatic carbocycles. The molecule has 6 nitrogen and oxygen atoms in total. The number of hydrogen-bond acceptors (Lipinski definition) is 5. The Bertz CT molecular complexity index is 511. The monoisotopic (exact) mass is 338 g/mol. The second-order valence-electron chi connectivity index (χ2n) is 3.38. The number of nitrogens with zero attached hydrogens (tertiary/aromatic N) is 2. The molecule has 0 bridgehead atoms. The Morgan fingerprint density at radius 2 is 2.26 bits per heavy atom. The van der Waals surface area contributed by atoms with Gasteiger partial charge in [0.15, 0.2) is 0 Å². The molecule has 0 N–H and O–H groups in total. The van der Waals surface area contributed by atoms with Crippen LogP contribution < -0.4 is 0 Å². The maximum absolute atomic E-state index is 12.9. The van der Waals surface area contributed by atoms with E-state index in [1.807, 2.05) is 0 Å². The first kappa shape index (κ1) is 15.4. The summed E-state index contributed by atoms with van der Waals surface area (Å²) in [5.74, 6) is -1.71. The Hall–Kier alpha value is -1.64. The van der Waals surface area contributed by atoms with Crippen LogP contribution in [0.4, 0.5) is 14.6 Å². The van der Waals surface area contributed by atoms with Crippen LogP contribution in [0.5, 0.6) is 0 Å². The molecule has 0 amide bonds. The number of rotatable bonds is 5. The minimum Gasteiger partial charge on any atom is -0.466 e. The molecule has 0 atom stereocenters. The predicted octanol–water partition coefficient (Wildman–Crippen LogP) is 2.80. The second kappa shape index (κ2) is 6.50. The van der Waals surface area contributed by atoms with E-state index < -0.39 is 35.1 Å². The van der Waals surface area contributed by atoms with Gasteiger partial charge >= 0.3 is 11.8 Å². The molecule has 104 valence electrons. The topological polar surface area (TPSA) is 82.3 Å². The normalized spacial score (nSPS) is 10.6. The van der Waals surface area contributed by atoms with Crippen LogP contribution in [0.3, 0.4) is 0 Å². The number of carbonyl (C=O) groups is 1. The lowest BCUT2D eigenvalue weighted by Gasteiger charge is -2.08. The van der Waals surface area contributed by atoms with Crippen molar-refractivity contribution in [1.82, 2.24) is 4.98 Å².